The molecule has 0 spiro atoms. The largest absolute Gasteiger partial charge is 0.383 e. The molecule has 0 saturated carbocycles. The molecule has 0 aliphatic heterocycles. The van der Waals surface area contributed by atoms with Gasteiger partial charge in [0.15, 0.2) is 0 Å². The van der Waals surface area contributed by atoms with E-state index < -0.39 is 0 Å². The molecular formula is C14H19BrFNO. The number of rotatable bonds is 8. The van der Waals surface area contributed by atoms with Gasteiger partial charge in [-0.15, -0.1) is 0 Å². The molecule has 0 aliphatic carbocycles. The summed E-state index contributed by atoms with van der Waals surface area (Å²) in [4.78, 5) is 0. The topological polar surface area (TPSA) is 21.3 Å². The quantitative estimate of drug-likeness (QED) is 0.587. The van der Waals surface area contributed by atoms with Crippen LogP contribution in [-0.4, -0.2) is 26.8 Å². The summed E-state index contributed by atoms with van der Waals surface area (Å²) in [5, 5.41) is 3.25. The summed E-state index contributed by atoms with van der Waals surface area (Å²) < 4.78 is 19.2. The number of hydrogen-bond acceptors (Lipinski definition) is 2. The van der Waals surface area contributed by atoms with Crippen molar-refractivity contribution in [1.82, 2.24) is 5.32 Å². The number of ether oxygens (including phenoxy) is 1. The molecule has 100 valence electrons. The second-order valence-electron chi connectivity index (χ2n) is 3.94. The standard InChI is InChI=1S/C14H19BrFNO/c1-18-10-9-17-8-4-2-3-5-12-11-13(15)6-7-14(12)16/h2-3,6-7,11,17H,4-5,8-10H2,1H3. The van der Waals surface area contributed by atoms with Crippen LogP contribution in [0.2, 0.25) is 0 Å². The average Bonchev–Trinajstić information content (AvgIpc) is 2.36. The molecule has 0 fully saturated rings. The summed E-state index contributed by atoms with van der Waals surface area (Å²) in [6.45, 7) is 2.51. The van der Waals surface area contributed by atoms with E-state index in [1.807, 2.05) is 12.1 Å². The Labute approximate surface area is 116 Å². The number of halogens is 2. The smallest absolute Gasteiger partial charge is 0.126 e. The van der Waals surface area contributed by atoms with Gasteiger partial charge in [0.05, 0.1) is 6.61 Å². The Kier molecular flexibility index (Phi) is 7.89. The fraction of sp³-hybridized carbons (Fsp3) is 0.429. The first-order valence-electron chi connectivity index (χ1n) is 6.02. The highest BCUT2D eigenvalue weighted by molar-refractivity contribution is 9.10. The third kappa shape index (κ3) is 6.28. The van der Waals surface area contributed by atoms with Gasteiger partial charge in [-0.2, -0.15) is 0 Å². The van der Waals surface area contributed by atoms with E-state index >= 15 is 0 Å². The number of nitrogens with one attached hydrogen (secondary N) is 1. The lowest BCUT2D eigenvalue weighted by molar-refractivity contribution is 0.199. The molecule has 0 aliphatic rings. The normalized spacial score (nSPS) is 11.3. The zero-order chi connectivity index (χ0) is 13.2. The fourth-order valence-corrected chi connectivity index (χ4v) is 1.92. The minimum absolute atomic E-state index is 0.152. The number of allylic oxidation sites excluding steroid dienone is 1. The average molecular weight is 316 g/mol. The maximum absolute atomic E-state index is 13.4. The number of methoxy groups -OCH3 is 1. The minimum atomic E-state index is -0.152. The molecule has 0 saturated heterocycles. The van der Waals surface area contributed by atoms with Gasteiger partial charge in [-0.25, -0.2) is 4.39 Å². The molecule has 0 atom stereocenters. The number of hydrogen-bond donors (Lipinski definition) is 1. The Morgan fingerprint density at radius 1 is 1.33 bits per heavy atom. The summed E-state index contributed by atoms with van der Waals surface area (Å²) in [7, 11) is 1.69. The minimum Gasteiger partial charge on any atom is -0.383 e. The first-order chi connectivity index (χ1) is 8.74. The van der Waals surface area contributed by atoms with E-state index in [0.717, 1.165) is 30.6 Å². The van der Waals surface area contributed by atoms with Crippen molar-refractivity contribution in [2.75, 3.05) is 26.8 Å². The molecule has 1 rings (SSSR count). The first-order valence-corrected chi connectivity index (χ1v) is 6.82. The predicted molar refractivity (Wildman–Crippen MR) is 76.3 cm³/mol. The predicted octanol–water partition coefficient (Wildman–Crippen LogP) is 3.31. The fourth-order valence-electron chi connectivity index (χ4n) is 1.51. The van der Waals surface area contributed by atoms with Crippen LogP contribution in [0.4, 0.5) is 4.39 Å². The van der Waals surface area contributed by atoms with Gasteiger partial charge in [-0.1, -0.05) is 28.1 Å². The van der Waals surface area contributed by atoms with E-state index in [1.54, 1.807) is 13.2 Å². The highest BCUT2D eigenvalue weighted by atomic mass is 79.9. The lowest BCUT2D eigenvalue weighted by Crippen LogP contribution is -2.19. The van der Waals surface area contributed by atoms with Crippen LogP contribution in [0, 0.1) is 5.82 Å². The summed E-state index contributed by atoms with van der Waals surface area (Å²) in [6.07, 6.45) is 5.64. The Hall–Kier alpha value is -0.710. The van der Waals surface area contributed by atoms with E-state index in [4.69, 9.17) is 4.74 Å². The van der Waals surface area contributed by atoms with Crippen LogP contribution in [0.3, 0.4) is 0 Å². The summed E-state index contributed by atoms with van der Waals surface area (Å²) >= 11 is 3.34. The van der Waals surface area contributed by atoms with Crippen LogP contribution < -0.4 is 5.32 Å². The van der Waals surface area contributed by atoms with Crippen LogP contribution >= 0.6 is 15.9 Å². The van der Waals surface area contributed by atoms with E-state index in [2.05, 4.69) is 27.3 Å². The van der Waals surface area contributed by atoms with Crippen LogP contribution in [0.5, 0.6) is 0 Å². The first kappa shape index (κ1) is 15.3. The van der Waals surface area contributed by atoms with Gasteiger partial charge < -0.3 is 10.1 Å². The molecular weight excluding hydrogens is 297 g/mol. The molecule has 0 amide bonds. The van der Waals surface area contributed by atoms with Crippen molar-refractivity contribution in [3.05, 3.63) is 46.2 Å². The van der Waals surface area contributed by atoms with Crippen LogP contribution in [0.1, 0.15) is 12.0 Å². The van der Waals surface area contributed by atoms with Gasteiger partial charge >= 0.3 is 0 Å². The third-order valence-electron chi connectivity index (χ3n) is 2.48. The summed E-state index contributed by atoms with van der Waals surface area (Å²) in [6, 6.07) is 5.01. The van der Waals surface area contributed by atoms with Crippen molar-refractivity contribution >= 4 is 15.9 Å². The lowest BCUT2D eigenvalue weighted by Gasteiger charge is -2.01. The molecule has 1 aromatic rings. The van der Waals surface area contributed by atoms with Crippen molar-refractivity contribution in [2.45, 2.75) is 12.8 Å². The van der Waals surface area contributed by atoms with Gasteiger partial charge in [0, 0.05) is 18.1 Å². The maximum atomic E-state index is 13.4. The molecule has 0 unspecified atom stereocenters. The van der Waals surface area contributed by atoms with Crippen molar-refractivity contribution in [3.8, 4) is 0 Å². The van der Waals surface area contributed by atoms with E-state index in [-0.39, 0.29) is 5.82 Å². The van der Waals surface area contributed by atoms with Crippen LogP contribution in [-0.2, 0) is 11.2 Å². The third-order valence-corrected chi connectivity index (χ3v) is 2.98. The van der Waals surface area contributed by atoms with E-state index in [0.29, 0.717) is 12.0 Å². The van der Waals surface area contributed by atoms with Gasteiger partial charge in [0.25, 0.3) is 0 Å². The molecule has 0 aromatic heterocycles. The van der Waals surface area contributed by atoms with Crippen molar-refractivity contribution < 1.29 is 9.13 Å². The second kappa shape index (κ2) is 9.25. The lowest BCUT2D eigenvalue weighted by atomic mass is 10.1. The van der Waals surface area contributed by atoms with E-state index in [9.17, 15) is 4.39 Å². The van der Waals surface area contributed by atoms with Crippen LogP contribution in [0.25, 0.3) is 0 Å². The summed E-state index contributed by atoms with van der Waals surface area (Å²) in [5.74, 6) is -0.152. The molecule has 0 radical (unpaired) electrons. The number of benzene rings is 1. The van der Waals surface area contributed by atoms with Crippen molar-refractivity contribution in [3.63, 3.8) is 0 Å². The molecule has 18 heavy (non-hydrogen) atoms. The van der Waals surface area contributed by atoms with Gasteiger partial charge in [-0.3, -0.25) is 0 Å². The molecule has 1 N–H and O–H groups in total. The maximum Gasteiger partial charge on any atom is 0.126 e. The van der Waals surface area contributed by atoms with Gasteiger partial charge in [0.2, 0.25) is 0 Å². The van der Waals surface area contributed by atoms with Crippen molar-refractivity contribution in [2.24, 2.45) is 0 Å². The Balaban J connectivity index is 2.21. The second-order valence-corrected chi connectivity index (χ2v) is 4.86. The molecule has 0 bridgehead atoms. The van der Waals surface area contributed by atoms with Crippen molar-refractivity contribution in [1.29, 1.82) is 0 Å². The zero-order valence-corrected chi connectivity index (χ0v) is 12.2. The van der Waals surface area contributed by atoms with E-state index in [1.165, 1.54) is 6.07 Å². The SMILES string of the molecule is COCCNCCC=CCc1cc(Br)ccc1F. The molecule has 4 heteroatoms. The molecule has 0 heterocycles. The highest BCUT2D eigenvalue weighted by Crippen LogP contribution is 2.16. The Morgan fingerprint density at radius 2 is 2.17 bits per heavy atom. The zero-order valence-electron chi connectivity index (χ0n) is 10.6. The monoisotopic (exact) mass is 315 g/mol. The molecule has 2 nitrogen and oxygen atoms in total. The Morgan fingerprint density at radius 3 is 2.94 bits per heavy atom. The molecule has 1 aromatic carbocycles. The summed E-state index contributed by atoms with van der Waals surface area (Å²) in [5.41, 5.74) is 0.716. The Bertz CT molecular complexity index is 382. The van der Waals surface area contributed by atoms with Crippen LogP contribution in [0.15, 0.2) is 34.8 Å². The van der Waals surface area contributed by atoms with Gasteiger partial charge in [0.1, 0.15) is 5.82 Å². The van der Waals surface area contributed by atoms with Gasteiger partial charge in [-0.05, 0) is 43.1 Å². The highest BCUT2D eigenvalue weighted by Gasteiger charge is 1.99.